The molecule has 2 N–H and O–H groups in total. The maximum Gasteiger partial charge on any atom is 0.137 e. The Kier molecular flexibility index (Phi) is 3.63. The molecule has 4 nitrogen and oxygen atoms in total. The van der Waals surface area contributed by atoms with E-state index in [1.165, 1.54) is 5.56 Å². The third kappa shape index (κ3) is 2.76. The summed E-state index contributed by atoms with van der Waals surface area (Å²) in [6.45, 7) is 2.56. The molecule has 1 atom stereocenters. The molecule has 4 heteroatoms. The Morgan fingerprint density at radius 1 is 1.17 bits per heavy atom. The van der Waals surface area contributed by atoms with Crippen molar-refractivity contribution in [1.29, 1.82) is 0 Å². The van der Waals surface area contributed by atoms with E-state index in [1.54, 1.807) is 6.20 Å². The van der Waals surface area contributed by atoms with Gasteiger partial charge < -0.3 is 10.1 Å². The minimum Gasteiger partial charge on any atom is -0.384 e. The van der Waals surface area contributed by atoms with E-state index in [0.29, 0.717) is 6.54 Å². The molecule has 0 amide bonds. The fraction of sp³-hybridized carbons (Fsp3) is 0.316. The Morgan fingerprint density at radius 2 is 2.04 bits per heavy atom. The predicted molar refractivity (Wildman–Crippen MR) is 90.9 cm³/mol. The molecule has 1 unspecified atom stereocenters. The summed E-state index contributed by atoms with van der Waals surface area (Å²) in [6, 6.07) is 14.4. The van der Waals surface area contributed by atoms with Gasteiger partial charge in [-0.2, -0.15) is 0 Å². The molecule has 1 aromatic carbocycles. The number of likely N-dealkylation sites (tertiary alicyclic amines) is 1. The van der Waals surface area contributed by atoms with Crippen molar-refractivity contribution >= 4 is 11.0 Å². The van der Waals surface area contributed by atoms with Crippen LogP contribution in [0.2, 0.25) is 0 Å². The zero-order valence-corrected chi connectivity index (χ0v) is 13.1. The van der Waals surface area contributed by atoms with Crippen LogP contribution in [0.25, 0.3) is 11.0 Å². The Hall–Kier alpha value is -2.17. The van der Waals surface area contributed by atoms with Crippen LogP contribution < -0.4 is 0 Å². The summed E-state index contributed by atoms with van der Waals surface area (Å²) in [7, 11) is 0. The summed E-state index contributed by atoms with van der Waals surface area (Å²) in [5, 5.41) is 12.3. The second kappa shape index (κ2) is 5.80. The zero-order chi connectivity index (χ0) is 15.7. The van der Waals surface area contributed by atoms with E-state index >= 15 is 0 Å². The summed E-state index contributed by atoms with van der Waals surface area (Å²) in [5.74, 6) is 0. The Morgan fingerprint density at radius 3 is 2.91 bits per heavy atom. The van der Waals surface area contributed by atoms with E-state index in [1.807, 2.05) is 24.4 Å². The number of β-amino-alcohol motifs (C(OH)–C–C–N with tert-alkyl or cyclic N) is 1. The Balaban J connectivity index is 1.60. The average molecular weight is 307 g/mol. The summed E-state index contributed by atoms with van der Waals surface area (Å²) in [4.78, 5) is 9.86. The molecule has 3 aromatic rings. The monoisotopic (exact) mass is 307 g/mol. The van der Waals surface area contributed by atoms with Crippen LogP contribution in [0.5, 0.6) is 0 Å². The van der Waals surface area contributed by atoms with E-state index in [-0.39, 0.29) is 0 Å². The number of H-pyrrole nitrogens is 1. The maximum absolute atomic E-state index is 11.3. The van der Waals surface area contributed by atoms with Crippen molar-refractivity contribution < 1.29 is 5.11 Å². The first-order valence-electron chi connectivity index (χ1n) is 8.16. The number of benzene rings is 1. The van der Waals surface area contributed by atoms with Crippen LogP contribution in [0.4, 0.5) is 0 Å². The lowest BCUT2D eigenvalue weighted by Crippen LogP contribution is -2.45. The van der Waals surface area contributed by atoms with Crippen LogP contribution >= 0.6 is 0 Å². The summed E-state index contributed by atoms with van der Waals surface area (Å²) in [6.07, 6.45) is 5.48. The van der Waals surface area contributed by atoms with Gasteiger partial charge in [0, 0.05) is 36.4 Å². The lowest BCUT2D eigenvalue weighted by Gasteiger charge is -2.39. The SMILES string of the molecule is OC1(c2c[nH]c3ncccc23)CCCN(Cc2ccccc2)C1. The molecule has 1 saturated heterocycles. The predicted octanol–water partition coefficient (Wildman–Crippen LogP) is 3.05. The third-order valence-electron chi connectivity index (χ3n) is 4.75. The highest BCUT2D eigenvalue weighted by atomic mass is 16.3. The van der Waals surface area contributed by atoms with Crippen LogP contribution in [0.1, 0.15) is 24.0 Å². The molecular weight excluding hydrogens is 286 g/mol. The lowest BCUT2D eigenvalue weighted by molar-refractivity contribution is -0.0370. The average Bonchev–Trinajstić information content (AvgIpc) is 3.01. The van der Waals surface area contributed by atoms with Crippen LogP contribution in [-0.2, 0) is 12.1 Å². The first-order chi connectivity index (χ1) is 11.2. The highest BCUT2D eigenvalue weighted by molar-refractivity contribution is 5.80. The summed E-state index contributed by atoms with van der Waals surface area (Å²) >= 11 is 0. The number of hydrogen-bond donors (Lipinski definition) is 2. The number of nitrogens with zero attached hydrogens (tertiary/aromatic N) is 2. The van der Waals surface area contributed by atoms with Crippen LogP contribution in [0.3, 0.4) is 0 Å². The molecule has 4 rings (SSSR count). The minimum absolute atomic E-state index is 0.656. The smallest absolute Gasteiger partial charge is 0.137 e. The molecule has 2 aromatic heterocycles. The number of aromatic amines is 1. The number of pyridine rings is 1. The minimum atomic E-state index is -0.811. The standard InChI is InChI=1S/C19H21N3O/c23-19(17-12-21-18-16(17)8-4-10-20-18)9-5-11-22(14-19)13-15-6-2-1-3-7-15/h1-4,6-8,10,12,23H,5,9,11,13-14H2,(H,20,21). The molecule has 0 bridgehead atoms. The number of nitrogens with one attached hydrogen (secondary N) is 1. The van der Waals surface area contributed by atoms with Crippen molar-refractivity contribution in [3.8, 4) is 0 Å². The molecule has 0 radical (unpaired) electrons. The molecule has 118 valence electrons. The number of hydrogen-bond acceptors (Lipinski definition) is 3. The highest BCUT2D eigenvalue weighted by Crippen LogP contribution is 2.35. The lowest BCUT2D eigenvalue weighted by atomic mass is 9.85. The third-order valence-corrected chi connectivity index (χ3v) is 4.75. The van der Waals surface area contributed by atoms with Crippen molar-refractivity contribution in [3.05, 3.63) is 66.0 Å². The van der Waals surface area contributed by atoms with Gasteiger partial charge in [-0.25, -0.2) is 4.98 Å². The van der Waals surface area contributed by atoms with E-state index < -0.39 is 5.60 Å². The Bertz CT molecular complexity index is 798. The van der Waals surface area contributed by atoms with Gasteiger partial charge in [-0.1, -0.05) is 30.3 Å². The molecule has 1 aliphatic heterocycles. The van der Waals surface area contributed by atoms with Crippen LogP contribution in [-0.4, -0.2) is 33.1 Å². The van der Waals surface area contributed by atoms with Gasteiger partial charge >= 0.3 is 0 Å². The number of piperidine rings is 1. The van der Waals surface area contributed by atoms with E-state index in [9.17, 15) is 5.11 Å². The molecule has 23 heavy (non-hydrogen) atoms. The van der Waals surface area contributed by atoms with Gasteiger partial charge in [0.2, 0.25) is 0 Å². The van der Waals surface area contributed by atoms with Crippen LogP contribution in [0, 0.1) is 0 Å². The number of aliphatic hydroxyl groups is 1. The topological polar surface area (TPSA) is 52.1 Å². The number of rotatable bonds is 3. The molecule has 1 aliphatic rings. The Labute approximate surface area is 135 Å². The maximum atomic E-state index is 11.3. The van der Waals surface area contributed by atoms with Gasteiger partial charge in [0.15, 0.2) is 0 Å². The number of aromatic nitrogens is 2. The van der Waals surface area contributed by atoms with Crippen molar-refractivity contribution in [2.45, 2.75) is 25.0 Å². The van der Waals surface area contributed by atoms with Gasteiger partial charge in [0.05, 0.1) is 0 Å². The highest BCUT2D eigenvalue weighted by Gasteiger charge is 2.36. The normalized spacial score (nSPS) is 22.5. The fourth-order valence-electron chi connectivity index (χ4n) is 3.66. The first-order valence-corrected chi connectivity index (χ1v) is 8.16. The summed E-state index contributed by atoms with van der Waals surface area (Å²) < 4.78 is 0. The number of fused-ring (bicyclic) bond motifs is 1. The molecule has 1 fully saturated rings. The van der Waals surface area contributed by atoms with E-state index in [4.69, 9.17) is 0 Å². The van der Waals surface area contributed by atoms with Gasteiger partial charge in [0.1, 0.15) is 11.2 Å². The van der Waals surface area contributed by atoms with Crippen molar-refractivity contribution in [2.24, 2.45) is 0 Å². The zero-order valence-electron chi connectivity index (χ0n) is 13.1. The summed E-state index contributed by atoms with van der Waals surface area (Å²) in [5.41, 5.74) is 2.29. The molecule has 0 spiro atoms. The van der Waals surface area contributed by atoms with E-state index in [0.717, 1.165) is 42.5 Å². The first kappa shape index (κ1) is 14.4. The van der Waals surface area contributed by atoms with Gasteiger partial charge in [-0.3, -0.25) is 4.90 Å². The molecular formula is C19H21N3O. The van der Waals surface area contributed by atoms with Gasteiger partial charge in [-0.05, 0) is 37.1 Å². The second-order valence-electron chi connectivity index (χ2n) is 6.43. The van der Waals surface area contributed by atoms with Gasteiger partial charge in [0.25, 0.3) is 0 Å². The van der Waals surface area contributed by atoms with Crippen molar-refractivity contribution in [2.75, 3.05) is 13.1 Å². The second-order valence-corrected chi connectivity index (χ2v) is 6.43. The fourth-order valence-corrected chi connectivity index (χ4v) is 3.66. The quantitative estimate of drug-likeness (QED) is 0.782. The van der Waals surface area contributed by atoms with Gasteiger partial charge in [-0.15, -0.1) is 0 Å². The van der Waals surface area contributed by atoms with Crippen LogP contribution in [0.15, 0.2) is 54.9 Å². The van der Waals surface area contributed by atoms with Crippen molar-refractivity contribution in [3.63, 3.8) is 0 Å². The van der Waals surface area contributed by atoms with E-state index in [2.05, 4.69) is 39.1 Å². The molecule has 0 aliphatic carbocycles. The molecule has 3 heterocycles. The van der Waals surface area contributed by atoms with Crippen molar-refractivity contribution in [1.82, 2.24) is 14.9 Å². The molecule has 0 saturated carbocycles. The largest absolute Gasteiger partial charge is 0.384 e.